The zero-order valence-corrected chi connectivity index (χ0v) is 12.8. The molecule has 7 heteroatoms. The molecule has 0 aliphatic carbocycles. The molecule has 6 nitrogen and oxygen atoms in total. The number of aromatic nitrogens is 1. The van der Waals surface area contributed by atoms with Crippen molar-refractivity contribution in [3.8, 4) is 5.75 Å². The molecule has 4 N–H and O–H groups in total. The maximum absolute atomic E-state index is 11.9. The van der Waals surface area contributed by atoms with E-state index >= 15 is 0 Å². The van der Waals surface area contributed by atoms with Gasteiger partial charge in [-0.3, -0.25) is 10.1 Å². The Balaban J connectivity index is 2.09. The third-order valence-corrected chi connectivity index (χ3v) is 4.00. The van der Waals surface area contributed by atoms with Gasteiger partial charge in [0, 0.05) is 17.7 Å². The Morgan fingerprint density at radius 2 is 2.22 bits per heavy atom. The molecule has 1 atom stereocenters. The number of H-pyrrole nitrogens is 1. The molecule has 0 saturated carbocycles. The Hall–Kier alpha value is -2.64. The number of anilines is 1. The van der Waals surface area contributed by atoms with Gasteiger partial charge < -0.3 is 14.6 Å². The summed E-state index contributed by atoms with van der Waals surface area (Å²) in [5.74, 6) is 0.390. The van der Waals surface area contributed by atoms with Crippen LogP contribution in [-0.4, -0.2) is 10.2 Å². The fourth-order valence-electron chi connectivity index (χ4n) is 2.21. The first-order valence-electron chi connectivity index (χ1n) is 6.91. The normalized spacial score (nSPS) is 12.0. The minimum Gasteiger partial charge on any atom is -0.502 e. The lowest BCUT2D eigenvalue weighted by Crippen LogP contribution is -2.20. The molecule has 0 spiro atoms. The molecule has 3 aromatic heterocycles. The average molecular weight is 331 g/mol. The number of thiophene rings is 1. The average Bonchev–Trinajstić information content (AvgIpc) is 3.10. The van der Waals surface area contributed by atoms with Crippen LogP contribution in [0.1, 0.15) is 23.1 Å². The molecular weight excluding hydrogens is 316 g/mol. The number of rotatable bonds is 5. The highest BCUT2D eigenvalue weighted by molar-refractivity contribution is 7.08. The van der Waals surface area contributed by atoms with Gasteiger partial charge in [0.05, 0.1) is 6.20 Å². The maximum Gasteiger partial charge on any atom is 0.273 e. The van der Waals surface area contributed by atoms with Gasteiger partial charge in [-0.1, -0.05) is 6.07 Å². The topological polar surface area (TPSA) is 96.8 Å². The van der Waals surface area contributed by atoms with Crippen molar-refractivity contribution in [2.24, 2.45) is 0 Å². The van der Waals surface area contributed by atoms with Gasteiger partial charge in [0.15, 0.2) is 11.8 Å². The number of hydrogen-bond acceptors (Lipinski definition) is 6. The lowest BCUT2D eigenvalue weighted by Gasteiger charge is -2.14. The zero-order valence-electron chi connectivity index (χ0n) is 12.0. The molecule has 0 bridgehead atoms. The molecule has 3 rings (SSSR count). The smallest absolute Gasteiger partial charge is 0.273 e. The van der Waals surface area contributed by atoms with E-state index in [0.29, 0.717) is 5.82 Å². The van der Waals surface area contributed by atoms with Crippen molar-refractivity contribution in [2.45, 2.75) is 12.6 Å². The summed E-state index contributed by atoms with van der Waals surface area (Å²) in [6, 6.07) is 7.90. The number of aliphatic hydroxyl groups is 1. The fraction of sp³-hybridized carbons (Fsp3) is 0.125. The number of hydrogen-bond donors (Lipinski definition) is 3. The Morgan fingerprint density at radius 1 is 1.35 bits per heavy atom. The first kappa shape index (κ1) is 15.3. The third-order valence-electron chi connectivity index (χ3n) is 3.30. The molecule has 3 heterocycles. The summed E-state index contributed by atoms with van der Waals surface area (Å²) in [5, 5.41) is 26.4. The molecule has 3 aromatic rings. The first-order valence-corrected chi connectivity index (χ1v) is 7.85. The minimum atomic E-state index is -0.589. The summed E-state index contributed by atoms with van der Waals surface area (Å²) < 4.78 is 5.52. The van der Waals surface area contributed by atoms with Crippen LogP contribution in [-0.2, 0) is 6.61 Å². The number of aliphatic hydroxyl groups excluding tert-OH is 1. The van der Waals surface area contributed by atoms with Gasteiger partial charge in [0.25, 0.3) is 5.82 Å². The quantitative estimate of drug-likeness (QED) is 0.663. The Kier molecular flexibility index (Phi) is 4.40. The van der Waals surface area contributed by atoms with Gasteiger partial charge in [-0.05, 0) is 22.9 Å². The van der Waals surface area contributed by atoms with E-state index in [0.717, 1.165) is 11.6 Å². The van der Waals surface area contributed by atoms with Crippen molar-refractivity contribution < 1.29 is 19.6 Å². The molecule has 23 heavy (non-hydrogen) atoms. The number of nitrogens with one attached hydrogen (secondary N) is 2. The summed E-state index contributed by atoms with van der Waals surface area (Å²) in [4.78, 5) is 14.9. The van der Waals surface area contributed by atoms with Gasteiger partial charge in [-0.25, -0.2) is 4.98 Å². The molecule has 0 saturated heterocycles. The van der Waals surface area contributed by atoms with Crippen molar-refractivity contribution in [1.29, 1.82) is 0 Å². The Labute approximate surface area is 135 Å². The summed E-state index contributed by atoms with van der Waals surface area (Å²) in [6.07, 6.45) is 1.76. The van der Waals surface area contributed by atoms with E-state index in [4.69, 9.17) is 4.42 Å². The van der Waals surface area contributed by atoms with Gasteiger partial charge >= 0.3 is 0 Å². The van der Waals surface area contributed by atoms with E-state index in [9.17, 15) is 15.0 Å². The third kappa shape index (κ3) is 3.25. The zero-order chi connectivity index (χ0) is 16.2. The standard InChI is InChI=1S/C16H14N2O4S/c19-8-11-7-12(20)15(21)16(22-11)14(10-4-6-23-9-10)18-13-3-1-2-5-17-13/h1-7,9,14,19,21H,8H2,(H,17,18)/p+1/t14-/m0/s1. The molecule has 0 aliphatic rings. The van der Waals surface area contributed by atoms with Crippen LogP contribution < -0.4 is 15.7 Å². The monoisotopic (exact) mass is 331 g/mol. The molecule has 0 amide bonds. The van der Waals surface area contributed by atoms with Crippen molar-refractivity contribution >= 4 is 17.2 Å². The van der Waals surface area contributed by atoms with Crippen LogP contribution in [0, 0.1) is 0 Å². The van der Waals surface area contributed by atoms with Gasteiger partial charge in [0.1, 0.15) is 12.4 Å². The summed E-state index contributed by atoms with van der Waals surface area (Å²) in [5.41, 5.74) is 0.246. The summed E-state index contributed by atoms with van der Waals surface area (Å²) in [7, 11) is 0. The van der Waals surface area contributed by atoms with Crippen molar-refractivity contribution in [2.75, 3.05) is 5.32 Å². The number of aromatic hydroxyl groups is 1. The van der Waals surface area contributed by atoms with Crippen LogP contribution in [0.4, 0.5) is 5.82 Å². The fourth-order valence-corrected chi connectivity index (χ4v) is 2.89. The van der Waals surface area contributed by atoms with Crippen LogP contribution in [0.15, 0.2) is 56.5 Å². The van der Waals surface area contributed by atoms with Crippen LogP contribution in [0.2, 0.25) is 0 Å². The van der Waals surface area contributed by atoms with E-state index in [1.165, 1.54) is 11.3 Å². The second kappa shape index (κ2) is 6.64. The molecule has 0 aromatic carbocycles. The SMILES string of the molecule is O=c1cc(CO)oc([C@@H](Nc2cccc[nH+]2)c2ccsc2)c1O. The summed E-state index contributed by atoms with van der Waals surface area (Å²) in [6.45, 7) is -0.420. The lowest BCUT2D eigenvalue weighted by atomic mass is 10.1. The minimum absolute atomic E-state index is 0.0669. The molecule has 0 fully saturated rings. The van der Waals surface area contributed by atoms with Crippen molar-refractivity contribution in [1.82, 2.24) is 0 Å². The lowest BCUT2D eigenvalue weighted by molar-refractivity contribution is -0.361. The number of pyridine rings is 1. The second-order valence-corrected chi connectivity index (χ2v) is 5.64. The largest absolute Gasteiger partial charge is 0.502 e. The number of aromatic amines is 1. The highest BCUT2D eigenvalue weighted by Gasteiger charge is 2.27. The van der Waals surface area contributed by atoms with Crippen LogP contribution >= 0.6 is 11.3 Å². The Bertz CT molecular complexity index is 831. The molecular formula is C16H15N2O4S+. The highest BCUT2D eigenvalue weighted by Crippen LogP contribution is 2.31. The predicted molar refractivity (Wildman–Crippen MR) is 85.3 cm³/mol. The Morgan fingerprint density at radius 3 is 2.87 bits per heavy atom. The maximum atomic E-state index is 11.9. The van der Waals surface area contributed by atoms with Gasteiger partial charge in [-0.15, -0.1) is 0 Å². The first-order chi connectivity index (χ1) is 11.2. The second-order valence-electron chi connectivity index (χ2n) is 4.86. The van der Waals surface area contributed by atoms with Crippen LogP contribution in [0.3, 0.4) is 0 Å². The van der Waals surface area contributed by atoms with E-state index in [2.05, 4.69) is 10.3 Å². The highest BCUT2D eigenvalue weighted by atomic mass is 32.1. The van der Waals surface area contributed by atoms with Crippen molar-refractivity contribution in [3.63, 3.8) is 0 Å². The van der Waals surface area contributed by atoms with E-state index in [1.54, 1.807) is 6.20 Å². The molecule has 118 valence electrons. The van der Waals surface area contributed by atoms with E-state index in [1.807, 2.05) is 35.0 Å². The molecule has 0 aliphatic heterocycles. The van der Waals surface area contributed by atoms with Gasteiger partial charge in [-0.2, -0.15) is 11.3 Å². The predicted octanol–water partition coefficient (Wildman–Crippen LogP) is 1.91. The van der Waals surface area contributed by atoms with Gasteiger partial charge in [0.2, 0.25) is 11.2 Å². The summed E-state index contributed by atoms with van der Waals surface area (Å²) >= 11 is 1.49. The van der Waals surface area contributed by atoms with E-state index < -0.39 is 23.8 Å². The van der Waals surface area contributed by atoms with Crippen LogP contribution in [0.25, 0.3) is 0 Å². The molecule has 0 radical (unpaired) electrons. The molecule has 0 unspecified atom stereocenters. The van der Waals surface area contributed by atoms with E-state index in [-0.39, 0.29) is 11.5 Å². The van der Waals surface area contributed by atoms with Crippen LogP contribution in [0.5, 0.6) is 5.75 Å². The van der Waals surface area contributed by atoms with Crippen molar-refractivity contribution in [3.05, 3.63) is 74.6 Å².